The second kappa shape index (κ2) is 9.36. The first-order chi connectivity index (χ1) is 12.2. The summed E-state index contributed by atoms with van der Waals surface area (Å²) in [5.74, 6) is 0.202. The second-order valence-corrected chi connectivity index (χ2v) is 8.62. The maximum absolute atomic E-state index is 13.0. The van der Waals surface area contributed by atoms with E-state index in [1.807, 2.05) is 0 Å². The molecule has 1 aliphatic heterocycles. The molecule has 2 rings (SSSR count). The summed E-state index contributed by atoms with van der Waals surface area (Å²) in [4.78, 5) is 14.4. The third kappa shape index (κ3) is 6.08. The van der Waals surface area contributed by atoms with Crippen LogP contribution in [0.4, 0.5) is 4.39 Å². The number of hydrogen-bond donors (Lipinski definition) is 2. The number of nitrogens with one attached hydrogen (secondary N) is 1. The summed E-state index contributed by atoms with van der Waals surface area (Å²) in [6.45, 7) is 5.69. The molecule has 146 valence electrons. The van der Waals surface area contributed by atoms with E-state index in [0.717, 1.165) is 25.9 Å². The Labute approximate surface area is 164 Å². The van der Waals surface area contributed by atoms with E-state index in [1.165, 1.54) is 0 Å². The summed E-state index contributed by atoms with van der Waals surface area (Å²) in [6, 6.07) is 4.78. The highest BCUT2D eigenvalue weighted by Gasteiger charge is 2.30. The van der Waals surface area contributed by atoms with Crippen LogP contribution in [0.25, 0.3) is 0 Å². The van der Waals surface area contributed by atoms with E-state index in [-0.39, 0.29) is 5.91 Å². The molecule has 0 unspecified atom stereocenters. The van der Waals surface area contributed by atoms with Crippen molar-refractivity contribution >= 4 is 29.1 Å². The molecule has 1 saturated heterocycles. The zero-order chi connectivity index (χ0) is 19.3. The SMILES string of the molecule is CC(C)(CF)[C@H](O)CN1CCC(CNC(=O)c2cc(Cl)cc(Cl)c2)CC1. The van der Waals surface area contributed by atoms with Crippen molar-refractivity contribution in [2.24, 2.45) is 11.3 Å². The van der Waals surface area contributed by atoms with Gasteiger partial charge >= 0.3 is 0 Å². The van der Waals surface area contributed by atoms with Gasteiger partial charge in [0.1, 0.15) is 0 Å². The van der Waals surface area contributed by atoms with Crippen LogP contribution in [0.2, 0.25) is 10.0 Å². The highest BCUT2D eigenvalue weighted by atomic mass is 35.5. The topological polar surface area (TPSA) is 52.6 Å². The normalized spacial score (nSPS) is 17.9. The molecule has 1 heterocycles. The van der Waals surface area contributed by atoms with Crippen molar-refractivity contribution in [2.75, 3.05) is 32.9 Å². The Morgan fingerprint density at radius 3 is 2.42 bits per heavy atom. The molecule has 1 amide bonds. The Balaban J connectivity index is 1.76. The molecule has 1 atom stereocenters. The molecular formula is C19H27Cl2FN2O2. The number of hydrogen-bond acceptors (Lipinski definition) is 3. The maximum Gasteiger partial charge on any atom is 0.251 e. The number of aliphatic hydroxyl groups is 1. The Bertz CT molecular complexity index is 599. The van der Waals surface area contributed by atoms with Crippen LogP contribution in [0.5, 0.6) is 0 Å². The lowest BCUT2D eigenvalue weighted by molar-refractivity contribution is -0.00207. The third-order valence-electron chi connectivity index (χ3n) is 5.06. The minimum Gasteiger partial charge on any atom is -0.391 e. The van der Waals surface area contributed by atoms with Crippen molar-refractivity contribution in [1.82, 2.24) is 10.2 Å². The minimum absolute atomic E-state index is 0.183. The molecule has 0 spiro atoms. The van der Waals surface area contributed by atoms with Crippen molar-refractivity contribution in [2.45, 2.75) is 32.8 Å². The van der Waals surface area contributed by atoms with Gasteiger partial charge in [-0.25, -0.2) is 0 Å². The van der Waals surface area contributed by atoms with Crippen molar-refractivity contribution in [1.29, 1.82) is 0 Å². The summed E-state index contributed by atoms with van der Waals surface area (Å²) >= 11 is 11.9. The number of alkyl halides is 1. The first-order valence-corrected chi connectivity index (χ1v) is 9.67. The molecule has 26 heavy (non-hydrogen) atoms. The van der Waals surface area contributed by atoms with E-state index in [0.29, 0.717) is 34.6 Å². The zero-order valence-electron chi connectivity index (χ0n) is 15.3. The molecule has 0 aliphatic carbocycles. The number of aliphatic hydroxyl groups excluding tert-OH is 1. The Morgan fingerprint density at radius 1 is 1.31 bits per heavy atom. The number of carbonyl (C=O) groups is 1. The number of rotatable bonds is 7. The van der Waals surface area contributed by atoms with Crippen molar-refractivity contribution in [3.8, 4) is 0 Å². The maximum atomic E-state index is 13.0. The largest absolute Gasteiger partial charge is 0.391 e. The fraction of sp³-hybridized carbons (Fsp3) is 0.632. The van der Waals surface area contributed by atoms with Gasteiger partial charge in [0.2, 0.25) is 0 Å². The number of benzene rings is 1. The number of carbonyl (C=O) groups excluding carboxylic acids is 1. The van der Waals surface area contributed by atoms with E-state index < -0.39 is 18.2 Å². The fourth-order valence-corrected chi connectivity index (χ4v) is 3.50. The summed E-state index contributed by atoms with van der Waals surface area (Å²) in [5.41, 5.74) is -0.264. The number of halogens is 3. The molecule has 0 saturated carbocycles. The quantitative estimate of drug-likeness (QED) is 0.726. The van der Waals surface area contributed by atoms with E-state index in [9.17, 15) is 14.3 Å². The van der Waals surface area contributed by atoms with E-state index in [2.05, 4.69) is 10.2 Å². The van der Waals surface area contributed by atoms with Gasteiger partial charge in [-0.1, -0.05) is 37.0 Å². The summed E-state index contributed by atoms with van der Waals surface area (Å²) < 4.78 is 13.0. The molecule has 0 radical (unpaired) electrons. The molecule has 1 fully saturated rings. The Hall–Kier alpha value is -0.880. The first-order valence-electron chi connectivity index (χ1n) is 8.92. The predicted molar refractivity (Wildman–Crippen MR) is 104 cm³/mol. The van der Waals surface area contributed by atoms with Crippen LogP contribution in [-0.4, -0.2) is 54.9 Å². The van der Waals surface area contributed by atoms with E-state index in [4.69, 9.17) is 23.2 Å². The Kier molecular flexibility index (Phi) is 7.71. The van der Waals surface area contributed by atoms with Crippen molar-refractivity contribution in [3.63, 3.8) is 0 Å². The van der Waals surface area contributed by atoms with Gasteiger partial charge < -0.3 is 15.3 Å². The second-order valence-electron chi connectivity index (χ2n) is 7.75. The molecule has 0 aromatic heterocycles. The standard InChI is InChI=1S/C19H27Cl2FN2O2/c1-19(2,12-22)17(25)11-24-5-3-13(4-6-24)10-23-18(26)14-7-15(20)9-16(21)8-14/h7-9,13,17,25H,3-6,10-12H2,1-2H3,(H,23,26)/t17-/m1/s1. The van der Waals surface area contributed by atoms with E-state index >= 15 is 0 Å². The lowest BCUT2D eigenvalue weighted by Crippen LogP contribution is -2.46. The number of piperidine rings is 1. The van der Waals surface area contributed by atoms with Gasteiger partial charge in [-0.2, -0.15) is 0 Å². The molecule has 1 aromatic rings. The van der Waals surface area contributed by atoms with Gasteiger partial charge in [0.15, 0.2) is 0 Å². The van der Waals surface area contributed by atoms with Crippen LogP contribution < -0.4 is 5.32 Å². The van der Waals surface area contributed by atoms with Crippen LogP contribution in [0.1, 0.15) is 37.0 Å². The number of nitrogens with zero attached hydrogens (tertiary/aromatic N) is 1. The molecular weight excluding hydrogens is 378 g/mol. The van der Waals surface area contributed by atoms with Gasteiger partial charge in [0.25, 0.3) is 5.91 Å². The molecule has 1 aromatic carbocycles. The van der Waals surface area contributed by atoms with Crippen molar-refractivity contribution < 1.29 is 14.3 Å². The monoisotopic (exact) mass is 404 g/mol. The Morgan fingerprint density at radius 2 is 1.88 bits per heavy atom. The lowest BCUT2D eigenvalue weighted by Gasteiger charge is -2.36. The van der Waals surface area contributed by atoms with Crippen LogP contribution in [0.3, 0.4) is 0 Å². The van der Waals surface area contributed by atoms with E-state index in [1.54, 1.807) is 32.0 Å². The number of likely N-dealkylation sites (tertiary alicyclic amines) is 1. The fourth-order valence-electron chi connectivity index (χ4n) is 2.98. The number of amides is 1. The molecule has 4 nitrogen and oxygen atoms in total. The van der Waals surface area contributed by atoms with Crippen LogP contribution >= 0.6 is 23.2 Å². The summed E-state index contributed by atoms with van der Waals surface area (Å²) in [7, 11) is 0. The average molecular weight is 405 g/mol. The first kappa shape index (κ1) is 21.4. The average Bonchev–Trinajstić information content (AvgIpc) is 2.60. The minimum atomic E-state index is -0.719. The molecule has 2 N–H and O–H groups in total. The van der Waals surface area contributed by atoms with Crippen LogP contribution in [0, 0.1) is 11.3 Å². The molecule has 7 heteroatoms. The van der Waals surface area contributed by atoms with Gasteiger partial charge in [0, 0.05) is 34.1 Å². The smallest absolute Gasteiger partial charge is 0.251 e. The van der Waals surface area contributed by atoms with Crippen LogP contribution in [-0.2, 0) is 0 Å². The third-order valence-corrected chi connectivity index (χ3v) is 5.50. The highest BCUT2D eigenvalue weighted by molar-refractivity contribution is 6.35. The highest BCUT2D eigenvalue weighted by Crippen LogP contribution is 2.24. The predicted octanol–water partition coefficient (Wildman–Crippen LogP) is 3.79. The lowest BCUT2D eigenvalue weighted by atomic mass is 9.87. The van der Waals surface area contributed by atoms with Gasteiger partial charge in [0.05, 0.1) is 12.8 Å². The van der Waals surface area contributed by atoms with Crippen LogP contribution in [0.15, 0.2) is 18.2 Å². The molecule has 0 bridgehead atoms. The van der Waals surface area contributed by atoms with Crippen molar-refractivity contribution in [3.05, 3.63) is 33.8 Å². The summed E-state index contributed by atoms with van der Waals surface area (Å²) in [5, 5.41) is 14.0. The molecule has 1 aliphatic rings. The van der Waals surface area contributed by atoms with Gasteiger partial charge in [-0.05, 0) is 50.0 Å². The number of β-amino-alcohol motifs (C(OH)–C–C–N with tert-alkyl or cyclic N) is 1. The summed E-state index contributed by atoms with van der Waals surface area (Å²) in [6.07, 6.45) is 1.18. The van der Waals surface area contributed by atoms with Gasteiger partial charge in [-0.15, -0.1) is 0 Å². The zero-order valence-corrected chi connectivity index (χ0v) is 16.8. The van der Waals surface area contributed by atoms with Gasteiger partial charge in [-0.3, -0.25) is 9.18 Å².